The Hall–Kier alpha value is -1.66. The minimum Gasteiger partial charge on any atom is -0.475 e. The number of sulfone groups is 1. The molecule has 30 heavy (non-hydrogen) atoms. The van der Waals surface area contributed by atoms with Crippen LogP contribution in [0.4, 0.5) is 4.39 Å². The van der Waals surface area contributed by atoms with E-state index >= 15 is 0 Å². The molecule has 0 radical (unpaired) electrons. The number of halogens is 3. The summed E-state index contributed by atoms with van der Waals surface area (Å²) in [7, 11) is -3.24. The Labute approximate surface area is 198 Å². The maximum Gasteiger partial charge on any atom is 0.232 e. The molecule has 2 rings (SSSR count). The largest absolute Gasteiger partial charge is 0.475 e. The van der Waals surface area contributed by atoms with E-state index in [2.05, 4.69) is 20.6 Å². The molecular formula is C19H25ClFIN4O3S. The summed E-state index contributed by atoms with van der Waals surface area (Å²) in [6.07, 6.45) is 2.73. The Bertz CT molecular complexity index is 961. The SMILES string of the molecule is CCNC(=NCc1cc(F)ccc1CS(C)(=O)=O)NCCOc1ncccc1Cl.I. The van der Waals surface area contributed by atoms with Gasteiger partial charge in [0.2, 0.25) is 5.88 Å². The van der Waals surface area contributed by atoms with Gasteiger partial charge in [0, 0.05) is 19.0 Å². The summed E-state index contributed by atoms with van der Waals surface area (Å²) in [6, 6.07) is 7.44. The Morgan fingerprint density at radius 2 is 2.03 bits per heavy atom. The van der Waals surface area contributed by atoms with Crippen LogP contribution in [0, 0.1) is 5.82 Å². The van der Waals surface area contributed by atoms with Crippen molar-refractivity contribution in [2.24, 2.45) is 4.99 Å². The molecule has 7 nitrogen and oxygen atoms in total. The molecular weight excluding hydrogens is 546 g/mol. The van der Waals surface area contributed by atoms with E-state index in [1.807, 2.05) is 6.92 Å². The first-order valence-corrected chi connectivity index (χ1v) is 11.4. The van der Waals surface area contributed by atoms with Crippen LogP contribution in [0.25, 0.3) is 0 Å². The fourth-order valence-corrected chi connectivity index (χ4v) is 3.49. The molecule has 0 atom stereocenters. The quantitative estimate of drug-likeness (QED) is 0.208. The number of guanidine groups is 1. The van der Waals surface area contributed by atoms with Crippen LogP contribution in [0.15, 0.2) is 41.5 Å². The second-order valence-electron chi connectivity index (χ2n) is 6.24. The molecule has 0 aliphatic rings. The minimum atomic E-state index is -3.24. The van der Waals surface area contributed by atoms with E-state index in [0.29, 0.717) is 47.7 Å². The first-order valence-electron chi connectivity index (χ1n) is 8.99. The third kappa shape index (κ3) is 9.43. The van der Waals surface area contributed by atoms with Crippen LogP contribution in [-0.2, 0) is 22.1 Å². The van der Waals surface area contributed by atoms with E-state index in [4.69, 9.17) is 16.3 Å². The highest BCUT2D eigenvalue weighted by Gasteiger charge is 2.11. The molecule has 0 bridgehead atoms. The third-order valence-corrected chi connectivity index (χ3v) is 4.82. The molecule has 11 heteroatoms. The van der Waals surface area contributed by atoms with E-state index in [1.54, 1.807) is 18.3 Å². The number of hydrogen-bond donors (Lipinski definition) is 2. The second kappa shape index (κ2) is 12.9. The summed E-state index contributed by atoms with van der Waals surface area (Å²) in [4.78, 5) is 8.46. The maximum atomic E-state index is 13.6. The molecule has 0 unspecified atom stereocenters. The highest BCUT2D eigenvalue weighted by molar-refractivity contribution is 14.0. The van der Waals surface area contributed by atoms with Crippen LogP contribution in [0.5, 0.6) is 5.88 Å². The van der Waals surface area contributed by atoms with Gasteiger partial charge >= 0.3 is 0 Å². The lowest BCUT2D eigenvalue weighted by Crippen LogP contribution is -2.39. The molecule has 0 amide bonds. The van der Waals surface area contributed by atoms with E-state index in [0.717, 1.165) is 6.26 Å². The fraction of sp³-hybridized carbons (Fsp3) is 0.368. The van der Waals surface area contributed by atoms with Gasteiger partial charge in [-0.2, -0.15) is 0 Å². The van der Waals surface area contributed by atoms with Crippen molar-refractivity contribution in [3.05, 3.63) is 58.5 Å². The topological polar surface area (TPSA) is 92.7 Å². The van der Waals surface area contributed by atoms with Crippen molar-refractivity contribution >= 4 is 51.4 Å². The number of pyridine rings is 1. The van der Waals surface area contributed by atoms with Gasteiger partial charge in [-0.25, -0.2) is 22.8 Å². The van der Waals surface area contributed by atoms with Crippen molar-refractivity contribution < 1.29 is 17.5 Å². The van der Waals surface area contributed by atoms with Gasteiger partial charge in [0.15, 0.2) is 15.8 Å². The molecule has 0 spiro atoms. The van der Waals surface area contributed by atoms with Gasteiger partial charge in [0.1, 0.15) is 17.4 Å². The van der Waals surface area contributed by atoms with Gasteiger partial charge < -0.3 is 15.4 Å². The van der Waals surface area contributed by atoms with E-state index in [-0.39, 0.29) is 36.3 Å². The lowest BCUT2D eigenvalue weighted by Gasteiger charge is -2.13. The smallest absolute Gasteiger partial charge is 0.232 e. The van der Waals surface area contributed by atoms with Gasteiger partial charge in [0.05, 0.1) is 18.8 Å². The summed E-state index contributed by atoms with van der Waals surface area (Å²) in [5.41, 5.74) is 1.05. The molecule has 1 heterocycles. The zero-order valence-electron chi connectivity index (χ0n) is 16.7. The number of hydrogen-bond acceptors (Lipinski definition) is 5. The van der Waals surface area contributed by atoms with Crippen molar-refractivity contribution in [3.8, 4) is 5.88 Å². The number of ether oxygens (including phenoxy) is 1. The van der Waals surface area contributed by atoms with Gasteiger partial charge in [-0.3, -0.25) is 0 Å². The predicted molar refractivity (Wildman–Crippen MR) is 128 cm³/mol. The van der Waals surface area contributed by atoms with Gasteiger partial charge in [-0.15, -0.1) is 24.0 Å². The number of aromatic nitrogens is 1. The third-order valence-electron chi connectivity index (χ3n) is 3.70. The van der Waals surface area contributed by atoms with Gasteiger partial charge in [-0.05, 0) is 42.3 Å². The molecule has 1 aromatic heterocycles. The van der Waals surface area contributed by atoms with Crippen LogP contribution in [0.1, 0.15) is 18.1 Å². The van der Waals surface area contributed by atoms with Crippen molar-refractivity contribution in [2.45, 2.75) is 19.2 Å². The Kier molecular flexibility index (Phi) is 11.3. The van der Waals surface area contributed by atoms with Crippen LogP contribution >= 0.6 is 35.6 Å². The fourth-order valence-electron chi connectivity index (χ4n) is 2.47. The molecule has 0 saturated carbocycles. The van der Waals surface area contributed by atoms with Crippen LogP contribution in [-0.4, -0.2) is 45.3 Å². The summed E-state index contributed by atoms with van der Waals surface area (Å²) < 4.78 is 42.4. The Morgan fingerprint density at radius 3 is 2.70 bits per heavy atom. The average Bonchev–Trinajstić information content (AvgIpc) is 2.65. The van der Waals surface area contributed by atoms with Crippen molar-refractivity contribution in [2.75, 3.05) is 26.0 Å². The highest BCUT2D eigenvalue weighted by atomic mass is 127. The molecule has 0 aliphatic carbocycles. The number of nitrogens with one attached hydrogen (secondary N) is 2. The molecule has 2 N–H and O–H groups in total. The Balaban J connectivity index is 0.00000450. The normalized spacial score (nSPS) is 11.5. The number of nitrogens with zero attached hydrogens (tertiary/aromatic N) is 2. The lowest BCUT2D eigenvalue weighted by molar-refractivity contribution is 0.310. The molecule has 0 saturated heterocycles. The molecule has 0 fully saturated rings. The summed E-state index contributed by atoms with van der Waals surface area (Å²) in [6.45, 7) is 3.40. The average molecular weight is 571 g/mol. The van der Waals surface area contributed by atoms with Crippen molar-refractivity contribution in [1.82, 2.24) is 15.6 Å². The van der Waals surface area contributed by atoms with Crippen LogP contribution < -0.4 is 15.4 Å². The standard InChI is InChI=1S/C19H24ClFN4O3S.HI/c1-3-22-19(24-9-10-28-18-17(20)5-4-8-23-18)25-12-15-11-16(21)7-6-14(15)13-29(2,26)27;/h4-8,11H,3,9-10,12-13H2,1-2H3,(H2,22,24,25);1H. The number of rotatable bonds is 9. The molecule has 166 valence electrons. The lowest BCUT2D eigenvalue weighted by atomic mass is 10.1. The number of benzene rings is 1. The maximum absolute atomic E-state index is 13.6. The van der Waals surface area contributed by atoms with Crippen LogP contribution in [0.3, 0.4) is 0 Å². The van der Waals surface area contributed by atoms with Crippen molar-refractivity contribution in [3.63, 3.8) is 0 Å². The van der Waals surface area contributed by atoms with E-state index < -0.39 is 15.7 Å². The summed E-state index contributed by atoms with van der Waals surface area (Å²) in [5, 5.41) is 6.60. The number of aliphatic imine (C=N–C) groups is 1. The van der Waals surface area contributed by atoms with E-state index in [9.17, 15) is 12.8 Å². The summed E-state index contributed by atoms with van der Waals surface area (Å²) >= 11 is 5.99. The minimum absolute atomic E-state index is 0. The predicted octanol–water partition coefficient (Wildman–Crippen LogP) is 3.17. The van der Waals surface area contributed by atoms with E-state index in [1.165, 1.54) is 18.2 Å². The van der Waals surface area contributed by atoms with Crippen LogP contribution in [0.2, 0.25) is 5.02 Å². The second-order valence-corrected chi connectivity index (χ2v) is 8.79. The molecule has 2 aromatic rings. The molecule has 0 aliphatic heterocycles. The molecule has 1 aromatic carbocycles. The summed E-state index contributed by atoms with van der Waals surface area (Å²) in [5.74, 6) is 0.243. The zero-order chi connectivity index (χ0) is 21.3. The zero-order valence-corrected chi connectivity index (χ0v) is 20.6. The monoisotopic (exact) mass is 570 g/mol. The Morgan fingerprint density at radius 1 is 1.27 bits per heavy atom. The van der Waals surface area contributed by atoms with Gasteiger partial charge in [0.25, 0.3) is 0 Å². The van der Waals surface area contributed by atoms with Crippen molar-refractivity contribution in [1.29, 1.82) is 0 Å². The first kappa shape index (κ1) is 26.4. The first-order chi connectivity index (χ1) is 13.8. The van der Waals surface area contributed by atoms with Gasteiger partial charge in [-0.1, -0.05) is 17.7 Å². The highest BCUT2D eigenvalue weighted by Crippen LogP contribution is 2.19.